The Labute approximate surface area is 99.2 Å². The first kappa shape index (κ1) is 10.2. The molecule has 1 aromatic carbocycles. The van der Waals surface area contributed by atoms with Gasteiger partial charge in [0.1, 0.15) is 17.3 Å². The van der Waals surface area contributed by atoms with E-state index in [0.29, 0.717) is 5.82 Å². The van der Waals surface area contributed by atoms with Crippen LogP contribution < -0.4 is 15.8 Å². The van der Waals surface area contributed by atoms with Gasteiger partial charge in [0.05, 0.1) is 12.8 Å². The van der Waals surface area contributed by atoms with Crippen LogP contribution in [0.5, 0.6) is 5.75 Å². The molecule has 1 aliphatic rings. The Morgan fingerprint density at radius 2 is 2.18 bits per heavy atom. The van der Waals surface area contributed by atoms with Crippen LogP contribution in [-0.4, -0.2) is 16.9 Å². The van der Waals surface area contributed by atoms with Crippen LogP contribution in [0.15, 0.2) is 24.3 Å². The summed E-state index contributed by atoms with van der Waals surface area (Å²) in [5.41, 5.74) is 9.11. The summed E-state index contributed by atoms with van der Waals surface area (Å²) in [6.07, 6.45) is 0. The highest BCUT2D eigenvalue weighted by atomic mass is 16.5. The van der Waals surface area contributed by atoms with Crippen molar-refractivity contribution in [3.05, 3.63) is 35.5 Å². The highest BCUT2D eigenvalue weighted by Crippen LogP contribution is 2.28. The number of nitrogens with one attached hydrogen (secondary N) is 1. The van der Waals surface area contributed by atoms with Gasteiger partial charge in [-0.2, -0.15) is 5.10 Å². The molecule has 5 nitrogen and oxygen atoms in total. The Bertz CT molecular complexity index is 562. The van der Waals surface area contributed by atoms with E-state index < -0.39 is 0 Å². The predicted molar refractivity (Wildman–Crippen MR) is 65.1 cm³/mol. The Balaban J connectivity index is 2.16. The van der Waals surface area contributed by atoms with Gasteiger partial charge < -0.3 is 15.8 Å². The van der Waals surface area contributed by atoms with E-state index >= 15 is 0 Å². The van der Waals surface area contributed by atoms with Gasteiger partial charge in [-0.1, -0.05) is 12.1 Å². The molecule has 3 rings (SSSR count). The number of methoxy groups -OCH3 is 1. The second-order valence-corrected chi connectivity index (χ2v) is 4.00. The number of rotatable bonds is 2. The van der Waals surface area contributed by atoms with Crippen LogP contribution >= 0.6 is 0 Å². The van der Waals surface area contributed by atoms with Crippen molar-refractivity contribution in [2.75, 3.05) is 12.8 Å². The number of fused-ring (bicyclic) bond motifs is 1. The molecule has 0 fully saturated rings. The predicted octanol–water partition coefficient (Wildman–Crippen LogP) is 1.07. The fourth-order valence-electron chi connectivity index (χ4n) is 2.14. The molecule has 0 amide bonds. The van der Waals surface area contributed by atoms with Gasteiger partial charge in [0.15, 0.2) is 0 Å². The van der Waals surface area contributed by atoms with E-state index in [1.165, 1.54) is 0 Å². The van der Waals surface area contributed by atoms with E-state index in [9.17, 15) is 0 Å². The maximum Gasteiger partial charge on any atom is 0.144 e. The average molecular weight is 230 g/mol. The summed E-state index contributed by atoms with van der Waals surface area (Å²) < 4.78 is 7.08. The lowest BCUT2D eigenvalue weighted by Gasteiger charge is -2.10. The SMILES string of the molecule is COc1ccccc1-n1nc2c(c1N)CNC2. The summed E-state index contributed by atoms with van der Waals surface area (Å²) in [6, 6.07) is 7.73. The number of ether oxygens (including phenoxy) is 1. The van der Waals surface area contributed by atoms with Crippen molar-refractivity contribution in [3.63, 3.8) is 0 Å². The maximum absolute atomic E-state index is 6.12. The minimum Gasteiger partial charge on any atom is -0.494 e. The maximum atomic E-state index is 6.12. The molecule has 2 heterocycles. The highest BCUT2D eigenvalue weighted by Gasteiger charge is 2.21. The Morgan fingerprint density at radius 3 is 2.94 bits per heavy atom. The number of para-hydroxylation sites is 2. The zero-order valence-electron chi connectivity index (χ0n) is 9.60. The first-order valence-electron chi connectivity index (χ1n) is 5.51. The summed E-state index contributed by atoms with van der Waals surface area (Å²) in [4.78, 5) is 0. The number of nitrogens with two attached hydrogens (primary N) is 1. The van der Waals surface area contributed by atoms with Crippen LogP contribution in [0.1, 0.15) is 11.3 Å². The lowest BCUT2D eigenvalue weighted by atomic mass is 10.2. The highest BCUT2D eigenvalue weighted by molar-refractivity contribution is 5.55. The molecular formula is C12H14N4O. The van der Waals surface area contributed by atoms with Crippen molar-refractivity contribution in [1.29, 1.82) is 0 Å². The molecule has 0 saturated heterocycles. The van der Waals surface area contributed by atoms with Crippen molar-refractivity contribution in [1.82, 2.24) is 15.1 Å². The molecule has 0 radical (unpaired) electrons. The van der Waals surface area contributed by atoms with E-state index in [1.807, 2.05) is 24.3 Å². The molecule has 3 N–H and O–H groups in total. The Morgan fingerprint density at radius 1 is 1.35 bits per heavy atom. The van der Waals surface area contributed by atoms with E-state index in [-0.39, 0.29) is 0 Å². The fourth-order valence-corrected chi connectivity index (χ4v) is 2.14. The van der Waals surface area contributed by atoms with Crippen LogP contribution in [0.25, 0.3) is 5.69 Å². The third-order valence-corrected chi connectivity index (χ3v) is 3.01. The molecule has 1 aliphatic heterocycles. The van der Waals surface area contributed by atoms with Gasteiger partial charge in [-0.25, -0.2) is 4.68 Å². The lowest BCUT2D eigenvalue weighted by molar-refractivity contribution is 0.412. The third kappa shape index (κ3) is 1.47. The average Bonchev–Trinajstić information content (AvgIpc) is 2.93. The normalized spacial score (nSPS) is 13.7. The molecule has 88 valence electrons. The first-order valence-corrected chi connectivity index (χ1v) is 5.51. The topological polar surface area (TPSA) is 65.1 Å². The van der Waals surface area contributed by atoms with Crippen LogP contribution in [0.4, 0.5) is 5.82 Å². The second kappa shape index (κ2) is 3.78. The molecule has 0 atom stereocenters. The summed E-state index contributed by atoms with van der Waals surface area (Å²) in [6.45, 7) is 1.57. The number of aromatic nitrogens is 2. The monoisotopic (exact) mass is 230 g/mol. The molecular weight excluding hydrogens is 216 g/mol. The zero-order valence-corrected chi connectivity index (χ0v) is 9.60. The largest absolute Gasteiger partial charge is 0.494 e. The van der Waals surface area contributed by atoms with Crippen molar-refractivity contribution in [2.24, 2.45) is 0 Å². The molecule has 0 saturated carbocycles. The number of anilines is 1. The molecule has 0 aliphatic carbocycles. The molecule has 0 spiro atoms. The summed E-state index contributed by atoms with van der Waals surface area (Å²) in [7, 11) is 1.65. The van der Waals surface area contributed by atoms with E-state index in [0.717, 1.165) is 35.8 Å². The smallest absolute Gasteiger partial charge is 0.144 e. The lowest BCUT2D eigenvalue weighted by Crippen LogP contribution is -2.09. The zero-order chi connectivity index (χ0) is 11.8. The van der Waals surface area contributed by atoms with Crippen molar-refractivity contribution < 1.29 is 4.74 Å². The van der Waals surface area contributed by atoms with Crippen LogP contribution in [0, 0.1) is 0 Å². The number of nitrogen functional groups attached to an aromatic ring is 1. The number of hydrogen-bond donors (Lipinski definition) is 2. The van der Waals surface area contributed by atoms with Crippen LogP contribution in [0.3, 0.4) is 0 Å². The van der Waals surface area contributed by atoms with Gasteiger partial charge in [0, 0.05) is 18.7 Å². The quantitative estimate of drug-likeness (QED) is 0.809. The minimum absolute atomic E-state index is 0.689. The Hall–Kier alpha value is -2.01. The first-order chi connectivity index (χ1) is 8.31. The summed E-state index contributed by atoms with van der Waals surface area (Å²) in [5, 5.41) is 7.75. The molecule has 1 aromatic heterocycles. The standard InChI is InChI=1S/C12H14N4O/c1-17-11-5-3-2-4-10(11)16-12(13)8-6-14-7-9(8)15-16/h2-5,14H,6-7,13H2,1H3. The molecule has 2 aromatic rings. The second-order valence-electron chi connectivity index (χ2n) is 4.00. The fraction of sp³-hybridized carbons (Fsp3) is 0.250. The van der Waals surface area contributed by atoms with E-state index in [2.05, 4.69) is 10.4 Å². The van der Waals surface area contributed by atoms with Gasteiger partial charge in [-0.3, -0.25) is 0 Å². The minimum atomic E-state index is 0.689. The van der Waals surface area contributed by atoms with Gasteiger partial charge in [0.2, 0.25) is 0 Å². The van der Waals surface area contributed by atoms with Gasteiger partial charge >= 0.3 is 0 Å². The van der Waals surface area contributed by atoms with Crippen molar-refractivity contribution >= 4 is 5.82 Å². The number of hydrogen-bond acceptors (Lipinski definition) is 4. The molecule has 5 heteroatoms. The summed E-state index contributed by atoms with van der Waals surface area (Å²) >= 11 is 0. The number of benzene rings is 1. The summed E-state index contributed by atoms with van der Waals surface area (Å²) in [5.74, 6) is 1.46. The Kier molecular flexibility index (Phi) is 2.26. The third-order valence-electron chi connectivity index (χ3n) is 3.01. The van der Waals surface area contributed by atoms with Gasteiger partial charge in [-0.15, -0.1) is 0 Å². The van der Waals surface area contributed by atoms with E-state index in [4.69, 9.17) is 10.5 Å². The van der Waals surface area contributed by atoms with Crippen LogP contribution in [0.2, 0.25) is 0 Å². The van der Waals surface area contributed by atoms with Gasteiger partial charge in [0.25, 0.3) is 0 Å². The van der Waals surface area contributed by atoms with Crippen molar-refractivity contribution in [2.45, 2.75) is 13.1 Å². The molecule has 17 heavy (non-hydrogen) atoms. The molecule has 0 unspecified atom stereocenters. The number of nitrogens with zero attached hydrogens (tertiary/aromatic N) is 2. The van der Waals surface area contributed by atoms with E-state index in [1.54, 1.807) is 11.8 Å². The molecule has 0 bridgehead atoms. The van der Waals surface area contributed by atoms with Gasteiger partial charge in [-0.05, 0) is 12.1 Å². The van der Waals surface area contributed by atoms with Crippen molar-refractivity contribution in [3.8, 4) is 11.4 Å². The van der Waals surface area contributed by atoms with Crippen LogP contribution in [-0.2, 0) is 13.1 Å².